The molecule has 0 aromatic rings. The zero-order valence-corrected chi connectivity index (χ0v) is 42.0. The van der Waals surface area contributed by atoms with Gasteiger partial charge in [-0.2, -0.15) is 0 Å². The molecule has 8 nitrogen and oxygen atoms in total. The lowest BCUT2D eigenvalue weighted by molar-refractivity contribution is -0.158. The number of carbonyl (C=O) groups is 6. The third kappa shape index (κ3) is 8.77. The fourth-order valence-corrected chi connectivity index (χ4v) is 20.3. The number of Topliss-reactive ketones (excluding diaryl/α,β-unsaturated/α-hetero) is 6. The molecule has 9 rings (SSSR count). The highest BCUT2D eigenvalue weighted by Gasteiger charge is 2.65. The van der Waals surface area contributed by atoms with E-state index in [1.165, 1.54) is 0 Å². The van der Waals surface area contributed by atoms with Gasteiger partial charge in [0.1, 0.15) is 34.7 Å². The van der Waals surface area contributed by atoms with Gasteiger partial charge >= 0.3 is 0 Å². The molecule has 66 heavy (non-hydrogen) atoms. The molecule has 0 aromatic heterocycles. The number of carbonyl (C=O) groups excluding carboxylic acids is 6. The maximum atomic E-state index is 14.1. The van der Waals surface area contributed by atoms with Gasteiger partial charge in [0, 0.05) is 25.7 Å². The van der Waals surface area contributed by atoms with Crippen LogP contribution in [0.1, 0.15) is 208 Å². The molecule has 0 radical (unpaired) electrons. The highest BCUT2D eigenvalue weighted by atomic mass is 16.3. The fraction of sp³-hybridized carbons (Fsp3) is 0.897. The van der Waals surface area contributed by atoms with E-state index in [2.05, 4.69) is 41.5 Å². The van der Waals surface area contributed by atoms with Gasteiger partial charge in [0.2, 0.25) is 0 Å². The standard InChI is InChI=1S/C58H88O8/c1-33-7-9-39(59)29-45(65)31-44(64)26-36-24-38-28-42(62)16-20-56(38,4)52-18-22-58(6)48(12-14-50(58)54(36)52)34(2)8-10-40(60)30-46(66)32-43(63)25-35-23-37-27-41(61)15-19-55(37,3)51-17-21-57(5)47(33)11-13-49(57)53(35)51/h33-38,41-42,47-54,61-62H,7-32H2,1-6H3/t33-,34-,35-,36-,37?,38?,41-,42-,47-,48-,49+,50+,51+,52+,53+,54+,55+,56+,57-,58-/m1/s1. The van der Waals surface area contributed by atoms with Crippen molar-refractivity contribution in [2.75, 3.05) is 0 Å². The molecule has 0 saturated heterocycles. The van der Waals surface area contributed by atoms with Crippen molar-refractivity contribution in [2.45, 2.75) is 221 Å². The van der Waals surface area contributed by atoms with Gasteiger partial charge in [-0.1, -0.05) is 41.5 Å². The van der Waals surface area contributed by atoms with Crippen LogP contribution in [0.5, 0.6) is 0 Å². The monoisotopic (exact) mass is 913 g/mol. The van der Waals surface area contributed by atoms with E-state index >= 15 is 0 Å². The number of fused-ring (bicyclic) bond motifs is 4. The Kier molecular flexibility index (Phi) is 13.8. The predicted molar refractivity (Wildman–Crippen MR) is 255 cm³/mol. The van der Waals surface area contributed by atoms with Crippen LogP contribution in [0.15, 0.2) is 0 Å². The molecule has 2 N–H and O–H groups in total. The molecular weight excluding hydrogens is 825 g/mol. The van der Waals surface area contributed by atoms with Gasteiger partial charge < -0.3 is 10.2 Å². The van der Waals surface area contributed by atoms with Crippen LogP contribution in [0.2, 0.25) is 0 Å². The SMILES string of the molecule is C[C@@H]1CCC(=O)CC(=O)CC(=O)C[C@H]2CC3C[C@H](O)CC[C@]3(C)[C@H]3CC[C@]4(C)[C@H](CC[C@H]4[C@H]23)[C@H](C)CCC(=O)CC(=O)CC(=O)C[C@H]2CC3C[C@H](O)CC[C@]3(C)[C@H]3CC[C@]4(C)[C@@H]1CC[C@H]4[C@H]23. The van der Waals surface area contributed by atoms with Gasteiger partial charge in [0.25, 0.3) is 0 Å². The minimum atomic E-state index is -0.297. The molecule has 0 aromatic carbocycles. The van der Waals surface area contributed by atoms with Crippen LogP contribution < -0.4 is 0 Å². The van der Waals surface area contributed by atoms with E-state index in [4.69, 9.17) is 0 Å². The lowest BCUT2D eigenvalue weighted by atomic mass is 9.42. The Bertz CT molecular complexity index is 1770. The lowest BCUT2D eigenvalue weighted by Crippen LogP contribution is -2.57. The number of hydrogen-bond acceptors (Lipinski definition) is 8. The van der Waals surface area contributed by atoms with Crippen LogP contribution in [-0.2, 0) is 28.8 Å². The molecule has 0 spiro atoms. The van der Waals surface area contributed by atoms with Crippen LogP contribution in [0, 0.1) is 105 Å². The summed E-state index contributed by atoms with van der Waals surface area (Å²) < 4.78 is 0. The first-order valence-electron chi connectivity index (χ1n) is 27.7. The predicted octanol–water partition coefficient (Wildman–Crippen LogP) is 11.1. The quantitative estimate of drug-likeness (QED) is 0.229. The smallest absolute Gasteiger partial charge is 0.147 e. The van der Waals surface area contributed by atoms with Crippen LogP contribution in [0.4, 0.5) is 0 Å². The van der Waals surface area contributed by atoms with Crippen molar-refractivity contribution in [2.24, 2.45) is 105 Å². The van der Waals surface area contributed by atoms with Crippen LogP contribution in [-0.4, -0.2) is 57.1 Å². The van der Waals surface area contributed by atoms with E-state index in [1.54, 1.807) is 0 Å². The Labute approximate surface area is 397 Å². The van der Waals surface area contributed by atoms with E-state index in [1.807, 2.05) is 0 Å². The van der Waals surface area contributed by atoms with Crippen molar-refractivity contribution < 1.29 is 39.0 Å². The average Bonchev–Trinajstić information content (AvgIpc) is 3.79. The third-order valence-corrected chi connectivity index (χ3v) is 23.5. The zero-order valence-electron chi connectivity index (χ0n) is 42.0. The van der Waals surface area contributed by atoms with E-state index in [9.17, 15) is 39.0 Å². The molecule has 9 saturated carbocycles. The molecule has 8 bridgehead atoms. The molecule has 0 aliphatic heterocycles. The van der Waals surface area contributed by atoms with E-state index in [0.29, 0.717) is 96.7 Å². The first-order valence-corrected chi connectivity index (χ1v) is 27.7. The lowest BCUT2D eigenvalue weighted by Gasteiger charge is -2.63. The third-order valence-electron chi connectivity index (χ3n) is 23.5. The Balaban J connectivity index is 0.957. The Morgan fingerprint density at radius 1 is 0.379 bits per heavy atom. The molecule has 9 aliphatic rings. The number of rotatable bonds is 0. The second-order valence-corrected chi connectivity index (χ2v) is 26.7. The first-order chi connectivity index (χ1) is 31.2. The summed E-state index contributed by atoms with van der Waals surface area (Å²) in [5.41, 5.74) is 0.406. The van der Waals surface area contributed by atoms with Gasteiger partial charge in [-0.25, -0.2) is 0 Å². The van der Waals surface area contributed by atoms with Crippen molar-refractivity contribution in [3.63, 3.8) is 0 Å². The van der Waals surface area contributed by atoms with Crippen LogP contribution in [0.3, 0.4) is 0 Å². The highest BCUT2D eigenvalue weighted by Crippen LogP contribution is 2.72. The second-order valence-electron chi connectivity index (χ2n) is 26.7. The largest absolute Gasteiger partial charge is 0.393 e. The molecular formula is C58H88O8. The minimum absolute atomic E-state index is 0.0193. The van der Waals surface area contributed by atoms with E-state index in [-0.39, 0.29) is 106 Å². The summed E-state index contributed by atoms with van der Waals surface area (Å²) in [4.78, 5) is 82.5. The molecule has 2 unspecified atom stereocenters. The van der Waals surface area contributed by atoms with Crippen molar-refractivity contribution in [1.29, 1.82) is 0 Å². The van der Waals surface area contributed by atoms with E-state index in [0.717, 1.165) is 116 Å². The van der Waals surface area contributed by atoms with Crippen molar-refractivity contribution in [3.05, 3.63) is 0 Å². The zero-order chi connectivity index (χ0) is 47.1. The summed E-state index contributed by atoms with van der Waals surface area (Å²) in [5, 5.41) is 21.8. The summed E-state index contributed by atoms with van der Waals surface area (Å²) in [7, 11) is 0. The van der Waals surface area contributed by atoms with Gasteiger partial charge in [-0.3, -0.25) is 28.8 Å². The maximum Gasteiger partial charge on any atom is 0.147 e. The Hall–Kier alpha value is -2.06. The minimum Gasteiger partial charge on any atom is -0.393 e. The van der Waals surface area contributed by atoms with Crippen LogP contribution in [0.25, 0.3) is 0 Å². The molecule has 8 heteroatoms. The molecule has 9 aliphatic carbocycles. The van der Waals surface area contributed by atoms with Crippen LogP contribution >= 0.6 is 0 Å². The fourth-order valence-electron chi connectivity index (χ4n) is 20.3. The van der Waals surface area contributed by atoms with Gasteiger partial charge in [0.05, 0.1) is 37.9 Å². The summed E-state index contributed by atoms with van der Waals surface area (Å²) in [6.45, 7) is 14.5. The summed E-state index contributed by atoms with van der Waals surface area (Å²) in [6.07, 6.45) is 17.6. The van der Waals surface area contributed by atoms with E-state index < -0.39 is 0 Å². The number of hydrogen-bond donors (Lipinski definition) is 2. The Morgan fingerprint density at radius 2 is 0.712 bits per heavy atom. The molecule has 9 fully saturated rings. The van der Waals surface area contributed by atoms with Crippen molar-refractivity contribution in [3.8, 4) is 0 Å². The molecule has 20 atom stereocenters. The van der Waals surface area contributed by atoms with Gasteiger partial charge in [0.15, 0.2) is 0 Å². The summed E-state index contributed by atoms with van der Waals surface area (Å²) in [5.74, 6) is 4.52. The highest BCUT2D eigenvalue weighted by molar-refractivity contribution is 6.08. The summed E-state index contributed by atoms with van der Waals surface area (Å²) in [6, 6.07) is 0. The Morgan fingerprint density at radius 3 is 1.11 bits per heavy atom. The molecule has 368 valence electrons. The maximum absolute atomic E-state index is 14.1. The normalized spacial score (nSPS) is 51.1. The topological polar surface area (TPSA) is 143 Å². The molecule has 0 amide bonds. The number of ketones is 6. The molecule has 0 heterocycles. The first kappa shape index (κ1) is 48.9. The van der Waals surface area contributed by atoms with Crippen molar-refractivity contribution >= 4 is 34.7 Å². The summed E-state index contributed by atoms with van der Waals surface area (Å²) >= 11 is 0. The van der Waals surface area contributed by atoms with Crippen molar-refractivity contribution in [1.82, 2.24) is 0 Å². The van der Waals surface area contributed by atoms with Gasteiger partial charge in [-0.15, -0.1) is 0 Å². The number of aliphatic hydroxyl groups is 2. The second kappa shape index (κ2) is 18.6. The number of aliphatic hydroxyl groups excluding tert-OH is 2. The average molecular weight is 913 g/mol. The van der Waals surface area contributed by atoms with Gasteiger partial charge in [-0.05, 0) is 220 Å².